The Balaban J connectivity index is 0.964. The minimum atomic E-state index is 0.222. The van der Waals surface area contributed by atoms with E-state index in [-0.39, 0.29) is 6.04 Å². The molecule has 0 bridgehead atoms. The fourth-order valence-electron chi connectivity index (χ4n) is 6.34. The largest absolute Gasteiger partial charge is 0.381 e. The van der Waals surface area contributed by atoms with Gasteiger partial charge >= 0.3 is 0 Å². The molecule has 3 aromatic heterocycles. The second kappa shape index (κ2) is 16.4. The van der Waals surface area contributed by atoms with Crippen molar-refractivity contribution in [1.82, 2.24) is 34.3 Å². The van der Waals surface area contributed by atoms with Crippen molar-refractivity contribution in [2.75, 3.05) is 82.9 Å². The van der Waals surface area contributed by atoms with Crippen molar-refractivity contribution in [2.45, 2.75) is 52.0 Å². The summed E-state index contributed by atoms with van der Waals surface area (Å²) in [6.45, 7) is 14.8. The zero-order valence-electron chi connectivity index (χ0n) is 28.1. The van der Waals surface area contributed by atoms with E-state index in [1.807, 2.05) is 24.4 Å². The van der Waals surface area contributed by atoms with E-state index in [9.17, 15) is 0 Å². The molecule has 12 nitrogen and oxygen atoms in total. The van der Waals surface area contributed by atoms with Gasteiger partial charge in [-0.1, -0.05) is 30.3 Å². The number of piperazine rings is 1. The van der Waals surface area contributed by atoms with Crippen molar-refractivity contribution in [2.24, 2.45) is 0 Å². The summed E-state index contributed by atoms with van der Waals surface area (Å²) < 4.78 is 19.8. The van der Waals surface area contributed by atoms with Gasteiger partial charge in [0.25, 0.3) is 0 Å². The Kier molecular flexibility index (Phi) is 11.6. The molecule has 12 heteroatoms. The van der Waals surface area contributed by atoms with Crippen molar-refractivity contribution in [3.05, 3.63) is 66.2 Å². The lowest BCUT2D eigenvalue weighted by molar-refractivity contribution is 0.0480. The number of methoxy groups -OCH3 is 1. The number of hydrogen-bond donors (Lipinski definition) is 1. The van der Waals surface area contributed by atoms with E-state index in [0.29, 0.717) is 31.7 Å². The highest BCUT2D eigenvalue weighted by Crippen LogP contribution is 2.25. The maximum Gasteiger partial charge on any atom is 0.227 e. The van der Waals surface area contributed by atoms with Gasteiger partial charge in [0.1, 0.15) is 29.6 Å². The minimum Gasteiger partial charge on any atom is -0.381 e. The molecule has 252 valence electrons. The average molecular weight is 644 g/mol. The molecule has 0 radical (unpaired) electrons. The van der Waals surface area contributed by atoms with E-state index in [2.05, 4.69) is 72.7 Å². The summed E-state index contributed by atoms with van der Waals surface area (Å²) in [5, 5.41) is 3.38. The molecule has 47 heavy (non-hydrogen) atoms. The highest BCUT2D eigenvalue weighted by molar-refractivity contribution is 5.79. The molecule has 2 fully saturated rings. The van der Waals surface area contributed by atoms with Crippen molar-refractivity contribution in [1.29, 1.82) is 0 Å². The molecule has 0 spiro atoms. The first kappa shape index (κ1) is 33.2. The predicted octanol–water partition coefficient (Wildman–Crippen LogP) is 4.51. The van der Waals surface area contributed by atoms with Crippen molar-refractivity contribution >= 4 is 28.6 Å². The van der Waals surface area contributed by atoms with E-state index in [0.717, 1.165) is 100 Å². The smallest absolute Gasteiger partial charge is 0.227 e. The zero-order chi connectivity index (χ0) is 32.4. The van der Waals surface area contributed by atoms with Crippen LogP contribution in [0, 0.1) is 0 Å². The molecular formula is C35H49N9O3. The van der Waals surface area contributed by atoms with Crippen molar-refractivity contribution < 1.29 is 14.2 Å². The van der Waals surface area contributed by atoms with Gasteiger partial charge in [-0.3, -0.25) is 9.80 Å². The van der Waals surface area contributed by atoms with Crippen LogP contribution >= 0.6 is 0 Å². The highest BCUT2D eigenvalue weighted by atomic mass is 16.5. The summed E-state index contributed by atoms with van der Waals surface area (Å²) in [7, 11) is 1.78. The lowest BCUT2D eigenvalue weighted by Crippen LogP contribution is -2.48. The molecule has 0 amide bonds. The Bertz CT molecular complexity index is 1530. The molecular weight excluding hydrogens is 594 g/mol. The van der Waals surface area contributed by atoms with E-state index in [4.69, 9.17) is 24.2 Å². The van der Waals surface area contributed by atoms with Crippen LogP contribution in [0.15, 0.2) is 54.9 Å². The Morgan fingerprint density at radius 1 is 0.830 bits per heavy atom. The number of nitrogens with one attached hydrogen (secondary N) is 1. The monoisotopic (exact) mass is 643 g/mol. The summed E-state index contributed by atoms with van der Waals surface area (Å²) in [6.07, 6.45) is 5.88. The lowest BCUT2D eigenvalue weighted by Gasteiger charge is -2.34. The molecule has 4 aromatic rings. The summed E-state index contributed by atoms with van der Waals surface area (Å²) in [4.78, 5) is 26.0. The number of nitrogens with zero attached hydrogens (tertiary/aromatic N) is 8. The Hall–Kier alpha value is -3.68. The highest BCUT2D eigenvalue weighted by Gasteiger charge is 2.21. The first-order chi connectivity index (χ1) is 23.1. The van der Waals surface area contributed by atoms with Gasteiger partial charge in [0, 0.05) is 77.8 Å². The number of rotatable bonds is 15. The molecule has 0 unspecified atom stereocenters. The van der Waals surface area contributed by atoms with Gasteiger partial charge in [-0.15, -0.1) is 0 Å². The Morgan fingerprint density at radius 3 is 2.21 bits per heavy atom. The number of anilines is 3. The van der Waals surface area contributed by atoms with Gasteiger partial charge in [0.2, 0.25) is 5.95 Å². The first-order valence-corrected chi connectivity index (χ1v) is 16.9. The number of hydrogen-bond acceptors (Lipinski definition) is 11. The van der Waals surface area contributed by atoms with Gasteiger partial charge in [-0.25, -0.2) is 15.0 Å². The predicted molar refractivity (Wildman–Crippen MR) is 184 cm³/mol. The summed E-state index contributed by atoms with van der Waals surface area (Å²) >= 11 is 0. The maximum absolute atomic E-state index is 6.18. The quantitative estimate of drug-likeness (QED) is 0.185. The lowest BCUT2D eigenvalue weighted by atomic mass is 10.1. The Morgan fingerprint density at radius 2 is 1.53 bits per heavy atom. The SMILES string of the molecule is COC1CCN(c2nccc(Nc3cc4c(cn3)nc(COCCN3CCN(CCOCc5ccccc5)CC3)n4C(C)C)n2)CC1. The van der Waals surface area contributed by atoms with Crippen LogP contribution in [-0.2, 0) is 27.4 Å². The van der Waals surface area contributed by atoms with Crippen molar-refractivity contribution in [3.8, 4) is 0 Å². The number of benzene rings is 1. The van der Waals surface area contributed by atoms with Crippen LogP contribution in [0.25, 0.3) is 11.0 Å². The molecule has 6 rings (SSSR count). The van der Waals surface area contributed by atoms with Crippen LogP contribution in [0.4, 0.5) is 17.6 Å². The van der Waals surface area contributed by atoms with Crippen LogP contribution < -0.4 is 10.2 Å². The normalized spacial score (nSPS) is 16.8. The molecule has 2 aliphatic rings. The molecule has 2 aliphatic heterocycles. The van der Waals surface area contributed by atoms with Gasteiger partial charge < -0.3 is 29.0 Å². The standard InChI is InChI=1S/C35H49N9O3/c1-27(2)44-31-23-33(39-32-9-12-36-35(40-32)43-13-10-29(45-3)11-14-43)37-24-30(31)38-34(44)26-47-22-20-42-17-15-41(16-18-42)19-21-46-25-28-7-5-4-6-8-28/h4-9,12,23-24,27,29H,10-11,13-22,25-26H2,1-3H3,(H,36,37,39,40). The zero-order valence-corrected chi connectivity index (χ0v) is 28.1. The fraction of sp³-hybridized carbons (Fsp3) is 0.543. The topological polar surface area (TPSA) is 106 Å². The van der Waals surface area contributed by atoms with Crippen LogP contribution in [0.5, 0.6) is 0 Å². The molecule has 1 aromatic carbocycles. The first-order valence-electron chi connectivity index (χ1n) is 16.9. The number of piperidine rings is 1. The average Bonchev–Trinajstić information content (AvgIpc) is 3.48. The second-order valence-electron chi connectivity index (χ2n) is 12.6. The number of pyridine rings is 1. The number of imidazole rings is 1. The molecule has 0 aliphatic carbocycles. The molecule has 2 saturated heterocycles. The third-order valence-electron chi connectivity index (χ3n) is 9.03. The van der Waals surface area contributed by atoms with Crippen LogP contribution in [0.3, 0.4) is 0 Å². The number of fused-ring (bicyclic) bond motifs is 1. The number of ether oxygens (including phenoxy) is 3. The molecule has 0 atom stereocenters. The summed E-state index contributed by atoms with van der Waals surface area (Å²) in [6, 6.07) is 14.5. The molecule has 5 heterocycles. The fourth-order valence-corrected chi connectivity index (χ4v) is 6.34. The van der Waals surface area contributed by atoms with Crippen LogP contribution in [0.2, 0.25) is 0 Å². The summed E-state index contributed by atoms with van der Waals surface area (Å²) in [5.41, 5.74) is 3.11. The van der Waals surface area contributed by atoms with Gasteiger partial charge in [0.05, 0.1) is 37.6 Å². The molecule has 1 N–H and O–H groups in total. The van der Waals surface area contributed by atoms with Crippen LogP contribution in [0.1, 0.15) is 44.1 Å². The summed E-state index contributed by atoms with van der Waals surface area (Å²) in [5.74, 6) is 3.07. The third-order valence-corrected chi connectivity index (χ3v) is 9.03. The van der Waals surface area contributed by atoms with E-state index in [1.165, 1.54) is 5.56 Å². The van der Waals surface area contributed by atoms with Crippen LogP contribution in [-0.4, -0.2) is 113 Å². The second-order valence-corrected chi connectivity index (χ2v) is 12.6. The maximum atomic E-state index is 6.18. The van der Waals surface area contributed by atoms with Gasteiger partial charge in [0.15, 0.2) is 0 Å². The van der Waals surface area contributed by atoms with Crippen molar-refractivity contribution in [3.63, 3.8) is 0 Å². The molecule has 0 saturated carbocycles. The van der Waals surface area contributed by atoms with E-state index in [1.54, 1.807) is 13.3 Å². The number of aromatic nitrogens is 5. The van der Waals surface area contributed by atoms with Gasteiger partial charge in [-0.05, 0) is 38.3 Å². The van der Waals surface area contributed by atoms with E-state index < -0.39 is 0 Å². The third kappa shape index (κ3) is 9.02. The Labute approximate surface area is 278 Å². The minimum absolute atomic E-state index is 0.222. The van der Waals surface area contributed by atoms with E-state index >= 15 is 0 Å². The van der Waals surface area contributed by atoms with Gasteiger partial charge in [-0.2, -0.15) is 4.98 Å².